The molecule has 34 heavy (non-hydrogen) atoms. The highest BCUT2D eigenvalue weighted by molar-refractivity contribution is 5.98. The van der Waals surface area contributed by atoms with E-state index in [4.69, 9.17) is 0 Å². The number of likely N-dealkylation sites (tertiary alicyclic amines) is 1. The molecule has 1 aromatic heterocycles. The molecular formula is C29H34N4O. The molecule has 6 rings (SSSR count). The van der Waals surface area contributed by atoms with E-state index in [1.165, 1.54) is 50.0 Å². The molecule has 176 valence electrons. The van der Waals surface area contributed by atoms with Gasteiger partial charge >= 0.3 is 0 Å². The predicted molar refractivity (Wildman–Crippen MR) is 137 cm³/mol. The SMILES string of the molecule is Cc1ccc(N2CCC(N3CCCCC3)C2)cc1C(=O)NC1(c2ccnc3ccccc23)CC1. The first-order chi connectivity index (χ1) is 16.6. The first-order valence-corrected chi connectivity index (χ1v) is 12.9. The number of amides is 1. The summed E-state index contributed by atoms with van der Waals surface area (Å²) in [5.74, 6) is 0.0320. The summed E-state index contributed by atoms with van der Waals surface area (Å²) in [6.45, 7) is 6.66. The number of para-hydroxylation sites is 1. The van der Waals surface area contributed by atoms with Crippen molar-refractivity contribution < 1.29 is 4.79 Å². The highest BCUT2D eigenvalue weighted by Crippen LogP contribution is 2.48. The number of hydrogen-bond donors (Lipinski definition) is 1. The molecule has 3 aliphatic rings. The maximum absolute atomic E-state index is 13.6. The summed E-state index contributed by atoms with van der Waals surface area (Å²) in [6.07, 6.45) is 9.06. The van der Waals surface area contributed by atoms with Crippen molar-refractivity contribution in [3.05, 3.63) is 71.4 Å². The monoisotopic (exact) mass is 454 g/mol. The van der Waals surface area contributed by atoms with Gasteiger partial charge in [0.15, 0.2) is 0 Å². The van der Waals surface area contributed by atoms with Crippen LogP contribution in [0.1, 0.15) is 60.0 Å². The van der Waals surface area contributed by atoms with Crippen LogP contribution in [-0.4, -0.2) is 48.0 Å². The molecular weight excluding hydrogens is 420 g/mol. The van der Waals surface area contributed by atoms with E-state index in [-0.39, 0.29) is 11.4 Å². The van der Waals surface area contributed by atoms with Crippen LogP contribution in [0, 0.1) is 6.92 Å². The number of benzene rings is 2. The van der Waals surface area contributed by atoms with Gasteiger partial charge in [-0.3, -0.25) is 14.7 Å². The lowest BCUT2D eigenvalue weighted by molar-refractivity contribution is 0.0930. The van der Waals surface area contributed by atoms with Gasteiger partial charge in [0, 0.05) is 42.0 Å². The third-order valence-electron chi connectivity index (χ3n) is 8.17. The second kappa shape index (κ2) is 8.70. The zero-order chi connectivity index (χ0) is 23.1. The Kier molecular flexibility index (Phi) is 5.53. The van der Waals surface area contributed by atoms with Gasteiger partial charge in [0.1, 0.15) is 0 Å². The number of aromatic nitrogens is 1. The Morgan fingerprint density at radius 2 is 1.85 bits per heavy atom. The second-order valence-corrected chi connectivity index (χ2v) is 10.4. The molecule has 3 heterocycles. The van der Waals surface area contributed by atoms with Gasteiger partial charge in [0.2, 0.25) is 0 Å². The molecule has 3 fully saturated rings. The molecule has 0 bridgehead atoms. The Balaban J connectivity index is 1.21. The second-order valence-electron chi connectivity index (χ2n) is 10.4. The van der Waals surface area contributed by atoms with E-state index < -0.39 is 0 Å². The van der Waals surface area contributed by atoms with E-state index in [1.807, 2.05) is 31.3 Å². The maximum atomic E-state index is 13.6. The van der Waals surface area contributed by atoms with Crippen LogP contribution in [0.5, 0.6) is 0 Å². The standard InChI is InChI=1S/C29H34N4O/c1-21-9-10-22(33-18-12-23(20-33)32-16-5-2-6-17-32)19-25(21)28(34)31-29(13-14-29)26-11-15-30-27-8-4-3-7-24(26)27/h3-4,7-11,15,19,23H,2,5-6,12-14,16-18,20H2,1H3,(H,31,34). The lowest BCUT2D eigenvalue weighted by Gasteiger charge is -2.32. The first-order valence-electron chi connectivity index (χ1n) is 12.9. The van der Waals surface area contributed by atoms with Crippen LogP contribution >= 0.6 is 0 Å². The molecule has 0 radical (unpaired) electrons. The third kappa shape index (κ3) is 3.96. The number of carbonyl (C=O) groups excluding carboxylic acids is 1. The summed E-state index contributed by atoms with van der Waals surface area (Å²) < 4.78 is 0. The van der Waals surface area contributed by atoms with Crippen LogP contribution in [0.2, 0.25) is 0 Å². The Morgan fingerprint density at radius 3 is 2.68 bits per heavy atom. The Hall–Kier alpha value is -2.92. The molecule has 2 aromatic carbocycles. The number of pyridine rings is 1. The average molecular weight is 455 g/mol. The molecule has 5 nitrogen and oxygen atoms in total. The number of piperidine rings is 1. The highest BCUT2D eigenvalue weighted by Gasteiger charge is 2.47. The normalized spacial score (nSPS) is 22.1. The summed E-state index contributed by atoms with van der Waals surface area (Å²) in [5, 5.41) is 4.55. The lowest BCUT2D eigenvalue weighted by atomic mass is 9.99. The van der Waals surface area contributed by atoms with Crippen molar-refractivity contribution in [2.45, 2.75) is 57.0 Å². The fraction of sp³-hybridized carbons (Fsp3) is 0.448. The topological polar surface area (TPSA) is 48.5 Å². The van der Waals surface area contributed by atoms with E-state index >= 15 is 0 Å². The van der Waals surface area contributed by atoms with Gasteiger partial charge in [-0.1, -0.05) is 30.7 Å². The van der Waals surface area contributed by atoms with Crippen molar-refractivity contribution in [1.29, 1.82) is 0 Å². The first kappa shape index (κ1) is 21.6. The summed E-state index contributed by atoms with van der Waals surface area (Å²) in [5.41, 5.74) is 4.89. The van der Waals surface area contributed by atoms with Crippen molar-refractivity contribution in [2.24, 2.45) is 0 Å². The summed E-state index contributed by atoms with van der Waals surface area (Å²) in [7, 11) is 0. The molecule has 2 aliphatic heterocycles. The molecule has 1 unspecified atom stereocenters. The van der Waals surface area contributed by atoms with Crippen LogP contribution in [0.25, 0.3) is 10.9 Å². The number of rotatable bonds is 5. The maximum Gasteiger partial charge on any atom is 0.252 e. The van der Waals surface area contributed by atoms with Crippen LogP contribution in [0.4, 0.5) is 5.69 Å². The molecule has 3 aromatic rings. The molecule has 1 saturated carbocycles. The average Bonchev–Trinajstić information content (AvgIpc) is 3.48. The van der Waals surface area contributed by atoms with E-state index in [2.05, 4.69) is 50.4 Å². The zero-order valence-corrected chi connectivity index (χ0v) is 20.1. The van der Waals surface area contributed by atoms with Crippen LogP contribution in [-0.2, 0) is 5.54 Å². The fourth-order valence-electron chi connectivity index (χ4n) is 5.99. The minimum absolute atomic E-state index is 0.0320. The van der Waals surface area contributed by atoms with Crippen molar-refractivity contribution in [1.82, 2.24) is 15.2 Å². The molecule has 1 aliphatic carbocycles. The number of nitrogens with one attached hydrogen (secondary N) is 1. The minimum Gasteiger partial charge on any atom is -0.370 e. The molecule has 2 saturated heterocycles. The number of anilines is 1. The fourth-order valence-corrected chi connectivity index (χ4v) is 5.99. The minimum atomic E-state index is -0.283. The van der Waals surface area contributed by atoms with Gasteiger partial charge in [-0.2, -0.15) is 0 Å². The quantitative estimate of drug-likeness (QED) is 0.588. The van der Waals surface area contributed by atoms with Crippen LogP contribution < -0.4 is 10.2 Å². The number of aryl methyl sites for hydroxylation is 1. The summed E-state index contributed by atoms with van der Waals surface area (Å²) in [6, 6.07) is 17.3. The summed E-state index contributed by atoms with van der Waals surface area (Å²) in [4.78, 5) is 23.2. The third-order valence-corrected chi connectivity index (χ3v) is 8.17. The van der Waals surface area contributed by atoms with Crippen molar-refractivity contribution in [3.63, 3.8) is 0 Å². The molecule has 0 spiro atoms. The zero-order valence-electron chi connectivity index (χ0n) is 20.1. The Bertz CT molecular complexity index is 1210. The van der Waals surface area contributed by atoms with E-state index in [1.54, 1.807) is 0 Å². The van der Waals surface area contributed by atoms with Crippen molar-refractivity contribution >= 4 is 22.5 Å². The van der Waals surface area contributed by atoms with Crippen molar-refractivity contribution in [3.8, 4) is 0 Å². The van der Waals surface area contributed by atoms with Gasteiger partial charge < -0.3 is 10.2 Å². The highest BCUT2D eigenvalue weighted by atomic mass is 16.1. The van der Waals surface area contributed by atoms with E-state index in [9.17, 15) is 4.79 Å². The number of nitrogens with zero attached hydrogens (tertiary/aromatic N) is 3. The molecule has 1 amide bonds. The van der Waals surface area contributed by atoms with Gasteiger partial charge in [-0.05, 0) is 87.5 Å². The van der Waals surface area contributed by atoms with Crippen LogP contribution in [0.3, 0.4) is 0 Å². The van der Waals surface area contributed by atoms with Crippen LogP contribution in [0.15, 0.2) is 54.7 Å². The van der Waals surface area contributed by atoms with E-state index in [0.29, 0.717) is 6.04 Å². The molecule has 1 atom stereocenters. The smallest absolute Gasteiger partial charge is 0.252 e. The Morgan fingerprint density at radius 1 is 1.03 bits per heavy atom. The van der Waals surface area contributed by atoms with Gasteiger partial charge in [-0.15, -0.1) is 0 Å². The summed E-state index contributed by atoms with van der Waals surface area (Å²) >= 11 is 0. The number of carbonyl (C=O) groups is 1. The number of fused-ring (bicyclic) bond motifs is 1. The number of hydrogen-bond acceptors (Lipinski definition) is 4. The van der Waals surface area contributed by atoms with Gasteiger partial charge in [-0.25, -0.2) is 0 Å². The predicted octanol–water partition coefficient (Wildman–Crippen LogP) is 5.03. The van der Waals surface area contributed by atoms with E-state index in [0.717, 1.165) is 48.0 Å². The molecule has 1 N–H and O–H groups in total. The lowest BCUT2D eigenvalue weighted by Crippen LogP contribution is -2.40. The Labute approximate surface area is 202 Å². The van der Waals surface area contributed by atoms with Crippen molar-refractivity contribution in [2.75, 3.05) is 31.1 Å². The largest absolute Gasteiger partial charge is 0.370 e. The van der Waals surface area contributed by atoms with Gasteiger partial charge in [0.05, 0.1) is 11.1 Å². The van der Waals surface area contributed by atoms with Gasteiger partial charge in [0.25, 0.3) is 5.91 Å². The molecule has 5 heteroatoms.